The molecular weight excluding hydrogens is 276 g/mol. The Morgan fingerprint density at radius 1 is 1.44 bits per heavy atom. The second kappa shape index (κ2) is 2.47. The van der Waals surface area contributed by atoms with Gasteiger partial charge in [0.25, 0.3) is 0 Å². The summed E-state index contributed by atoms with van der Waals surface area (Å²) in [7, 11) is 0. The second-order valence-corrected chi connectivity index (χ2v) is 6.58. The van der Waals surface area contributed by atoms with E-state index in [0.717, 1.165) is 12.8 Å². The predicted molar refractivity (Wildman–Crippen MR) is 55.9 cm³/mol. The Labute approximate surface area is 100 Å². The summed E-state index contributed by atoms with van der Waals surface area (Å²) in [6.45, 7) is 0. The van der Waals surface area contributed by atoms with Crippen LogP contribution in [0.15, 0.2) is 0 Å². The zero-order chi connectivity index (χ0) is 11.2. The molecule has 16 heavy (non-hydrogen) atoms. The molecule has 4 fully saturated rings. The number of hydrogen-bond donors (Lipinski definition) is 1. The first kappa shape index (κ1) is 9.45. The van der Waals surface area contributed by atoms with Gasteiger partial charge < -0.3 is 9.84 Å². The van der Waals surface area contributed by atoms with Crippen molar-refractivity contribution in [1.82, 2.24) is 0 Å². The van der Waals surface area contributed by atoms with Crippen LogP contribution in [0.25, 0.3) is 0 Å². The zero-order valence-corrected chi connectivity index (χ0v) is 10.0. The molecule has 2 bridgehead atoms. The zero-order valence-electron chi connectivity index (χ0n) is 8.43. The van der Waals surface area contributed by atoms with Crippen LogP contribution in [0.3, 0.4) is 0 Å². The third-order valence-corrected chi connectivity index (χ3v) is 6.23. The molecule has 1 spiro atoms. The minimum absolute atomic E-state index is 0.0452. The molecule has 0 aromatic heterocycles. The fourth-order valence-corrected chi connectivity index (χ4v) is 5.89. The summed E-state index contributed by atoms with van der Waals surface area (Å²) in [5.74, 6) is -1.75. The molecule has 0 unspecified atom stereocenters. The number of carbonyl (C=O) groups excluding carboxylic acids is 1. The number of carboxylic acids is 1. The topological polar surface area (TPSA) is 63.6 Å². The van der Waals surface area contributed by atoms with Crippen molar-refractivity contribution in [3.8, 4) is 0 Å². The summed E-state index contributed by atoms with van der Waals surface area (Å²) in [5.41, 5.74) is 0.110. The molecule has 1 N–H and O–H groups in total. The van der Waals surface area contributed by atoms with Crippen LogP contribution in [-0.2, 0) is 14.3 Å². The van der Waals surface area contributed by atoms with Gasteiger partial charge in [-0.3, -0.25) is 9.59 Å². The Morgan fingerprint density at radius 3 is 2.69 bits per heavy atom. The first-order valence-electron chi connectivity index (χ1n) is 5.65. The Bertz CT molecular complexity index is 416. The van der Waals surface area contributed by atoms with Crippen LogP contribution in [-0.4, -0.2) is 28.0 Å². The van der Waals surface area contributed by atoms with Gasteiger partial charge >= 0.3 is 11.9 Å². The van der Waals surface area contributed by atoms with E-state index >= 15 is 0 Å². The Balaban J connectivity index is 1.89. The van der Waals surface area contributed by atoms with Gasteiger partial charge in [-0.25, -0.2) is 0 Å². The van der Waals surface area contributed by atoms with Crippen LogP contribution in [0.4, 0.5) is 0 Å². The Morgan fingerprint density at radius 2 is 2.12 bits per heavy atom. The van der Waals surface area contributed by atoms with E-state index in [9.17, 15) is 14.7 Å². The monoisotopic (exact) mass is 286 g/mol. The summed E-state index contributed by atoms with van der Waals surface area (Å²) in [4.78, 5) is 23.2. The highest BCUT2D eigenvalue weighted by molar-refractivity contribution is 9.09. The molecule has 4 aliphatic rings. The molecule has 4 rings (SSSR count). The smallest absolute Gasteiger partial charge is 0.310 e. The summed E-state index contributed by atoms with van der Waals surface area (Å²) < 4.78 is 5.36. The molecule has 6 atom stereocenters. The Kier molecular flexibility index (Phi) is 1.46. The molecule has 5 heteroatoms. The maximum Gasteiger partial charge on any atom is 0.310 e. The van der Waals surface area contributed by atoms with Gasteiger partial charge in [0.2, 0.25) is 0 Å². The standard InChI is InChI=1S/C11H11BrO4/c12-7-5-3(9(13)14)4-6(11(5)1-2-11)8(7)16-10(4)15/h3-8H,1-2H2,(H,13,14)/t3-,4+,5+,6-,7-,8+/m0/s1. The van der Waals surface area contributed by atoms with Gasteiger partial charge in [0, 0.05) is 5.92 Å². The van der Waals surface area contributed by atoms with E-state index in [2.05, 4.69) is 15.9 Å². The van der Waals surface area contributed by atoms with Crippen molar-refractivity contribution in [2.24, 2.45) is 29.1 Å². The second-order valence-electron chi connectivity index (χ2n) is 5.52. The molecule has 0 aromatic carbocycles. The highest BCUT2D eigenvalue weighted by Gasteiger charge is 2.81. The average Bonchev–Trinajstić information content (AvgIpc) is 2.80. The minimum Gasteiger partial charge on any atom is -0.481 e. The van der Waals surface area contributed by atoms with Crippen molar-refractivity contribution in [1.29, 1.82) is 0 Å². The summed E-state index contributed by atoms with van der Waals surface area (Å²) >= 11 is 3.56. The van der Waals surface area contributed by atoms with Crippen molar-refractivity contribution in [2.75, 3.05) is 0 Å². The quantitative estimate of drug-likeness (QED) is 0.578. The molecule has 1 heterocycles. The molecule has 3 saturated carbocycles. The molecule has 0 aromatic rings. The first-order chi connectivity index (χ1) is 7.58. The number of esters is 1. The van der Waals surface area contributed by atoms with Gasteiger partial charge in [0.15, 0.2) is 0 Å². The van der Waals surface area contributed by atoms with Gasteiger partial charge in [-0.1, -0.05) is 15.9 Å². The third-order valence-electron chi connectivity index (χ3n) is 5.14. The molecule has 0 amide bonds. The first-order valence-corrected chi connectivity index (χ1v) is 6.57. The summed E-state index contributed by atoms with van der Waals surface area (Å²) in [6.07, 6.45) is 2.07. The number of alkyl halides is 1. The third kappa shape index (κ3) is 0.753. The maximum absolute atomic E-state index is 11.8. The lowest BCUT2D eigenvalue weighted by Gasteiger charge is -2.25. The number of rotatable bonds is 1. The van der Waals surface area contributed by atoms with E-state index in [1.54, 1.807) is 0 Å². The lowest BCUT2D eigenvalue weighted by atomic mass is 9.80. The number of carboxylic acid groups (broad SMARTS) is 1. The van der Waals surface area contributed by atoms with E-state index in [4.69, 9.17) is 4.74 Å². The van der Waals surface area contributed by atoms with Gasteiger partial charge in [-0.05, 0) is 24.2 Å². The van der Waals surface area contributed by atoms with Crippen LogP contribution < -0.4 is 0 Å². The van der Waals surface area contributed by atoms with Crippen LogP contribution in [0.5, 0.6) is 0 Å². The van der Waals surface area contributed by atoms with Crippen molar-refractivity contribution in [3.63, 3.8) is 0 Å². The average molecular weight is 287 g/mol. The van der Waals surface area contributed by atoms with Gasteiger partial charge in [-0.2, -0.15) is 0 Å². The molecule has 1 aliphatic heterocycles. The van der Waals surface area contributed by atoms with Crippen molar-refractivity contribution >= 4 is 27.9 Å². The van der Waals surface area contributed by atoms with E-state index in [1.807, 2.05) is 0 Å². The molecule has 3 aliphatic carbocycles. The highest BCUT2D eigenvalue weighted by atomic mass is 79.9. The number of halogens is 1. The van der Waals surface area contributed by atoms with Gasteiger partial charge in [0.1, 0.15) is 6.10 Å². The predicted octanol–water partition coefficient (Wildman–Crippen LogP) is 1.03. The van der Waals surface area contributed by atoms with E-state index < -0.39 is 11.9 Å². The van der Waals surface area contributed by atoms with Crippen LogP contribution >= 0.6 is 15.9 Å². The summed E-state index contributed by atoms with van der Waals surface area (Å²) in [6, 6.07) is 0. The lowest BCUT2D eigenvalue weighted by molar-refractivity contribution is -0.151. The number of aliphatic carboxylic acids is 1. The van der Waals surface area contributed by atoms with Gasteiger partial charge in [0.05, 0.1) is 16.7 Å². The molecule has 1 saturated heterocycles. The molecule has 0 radical (unpaired) electrons. The molecule has 4 nitrogen and oxygen atoms in total. The van der Waals surface area contributed by atoms with E-state index in [1.165, 1.54) is 0 Å². The Hall–Kier alpha value is -0.580. The summed E-state index contributed by atoms with van der Waals surface area (Å²) in [5, 5.41) is 9.32. The minimum atomic E-state index is -0.828. The molecular formula is C11H11BrO4. The van der Waals surface area contributed by atoms with Crippen molar-refractivity contribution in [2.45, 2.75) is 23.8 Å². The van der Waals surface area contributed by atoms with Gasteiger partial charge in [-0.15, -0.1) is 0 Å². The van der Waals surface area contributed by atoms with Crippen LogP contribution in [0, 0.1) is 29.1 Å². The van der Waals surface area contributed by atoms with Crippen LogP contribution in [0.1, 0.15) is 12.8 Å². The fourth-order valence-electron chi connectivity index (χ4n) is 4.60. The van der Waals surface area contributed by atoms with E-state index in [-0.39, 0.29) is 40.1 Å². The normalized spacial score (nSPS) is 54.4. The van der Waals surface area contributed by atoms with E-state index in [0.29, 0.717) is 0 Å². The fraction of sp³-hybridized carbons (Fsp3) is 0.818. The lowest BCUT2D eigenvalue weighted by Crippen LogP contribution is -2.37. The highest BCUT2D eigenvalue weighted by Crippen LogP contribution is 2.77. The van der Waals surface area contributed by atoms with Crippen LogP contribution in [0.2, 0.25) is 0 Å². The number of carbonyl (C=O) groups is 2. The number of hydrogen-bond acceptors (Lipinski definition) is 3. The number of ether oxygens (including phenoxy) is 1. The maximum atomic E-state index is 11.8. The molecule has 86 valence electrons. The largest absolute Gasteiger partial charge is 0.481 e. The SMILES string of the molecule is O=C1O[C@H]2[C@@H](Br)[C@H]3[C@@H](C(=O)O)[C@@H]1[C@@H]2C31CC1. The van der Waals surface area contributed by atoms with Crippen molar-refractivity contribution < 1.29 is 19.4 Å². The van der Waals surface area contributed by atoms with Crippen molar-refractivity contribution in [3.05, 3.63) is 0 Å².